The summed E-state index contributed by atoms with van der Waals surface area (Å²) in [5, 5.41) is 16.5. The maximum Gasteiger partial charge on any atom is 0.410 e. The lowest BCUT2D eigenvalue weighted by Crippen LogP contribution is -2.56. The van der Waals surface area contributed by atoms with Gasteiger partial charge in [-0.2, -0.15) is 0 Å². The maximum absolute atomic E-state index is 13.3. The number of halogens is 1. The van der Waals surface area contributed by atoms with Crippen molar-refractivity contribution in [2.75, 3.05) is 25.0 Å². The second-order valence-corrected chi connectivity index (χ2v) is 11.6. The summed E-state index contributed by atoms with van der Waals surface area (Å²) >= 11 is 3.30. The number of carbonyl (C=O) groups is 3. The van der Waals surface area contributed by atoms with Crippen LogP contribution in [-0.4, -0.2) is 75.3 Å². The van der Waals surface area contributed by atoms with Crippen molar-refractivity contribution in [1.82, 2.24) is 20.2 Å². The number of phenols is 1. The first-order chi connectivity index (χ1) is 19.5. The average molecular weight is 629 g/mol. The zero-order valence-corrected chi connectivity index (χ0v) is 24.8. The minimum Gasteiger partial charge on any atom is -0.504 e. The minimum absolute atomic E-state index is 0.00917. The molecule has 3 aromatic rings. The molecule has 0 aliphatic carbocycles. The van der Waals surface area contributed by atoms with Crippen LogP contribution in [0.4, 0.5) is 10.6 Å². The van der Waals surface area contributed by atoms with Gasteiger partial charge in [0.15, 0.2) is 5.75 Å². The molecule has 11 nitrogen and oxygen atoms in total. The Balaban J connectivity index is 1.38. The third kappa shape index (κ3) is 8.06. The highest BCUT2D eigenvalue weighted by Gasteiger charge is 2.38. The number of anilines is 1. The van der Waals surface area contributed by atoms with E-state index < -0.39 is 23.7 Å². The summed E-state index contributed by atoms with van der Waals surface area (Å²) in [7, 11) is 0. The molecule has 4 rings (SSSR count). The first-order valence-corrected chi connectivity index (χ1v) is 14.2. The van der Waals surface area contributed by atoms with E-state index in [0.717, 1.165) is 0 Å². The van der Waals surface area contributed by atoms with Crippen molar-refractivity contribution in [2.45, 2.75) is 57.7 Å². The molecule has 2 atom stereocenters. The predicted molar refractivity (Wildman–Crippen MR) is 157 cm³/mol. The Hall–Kier alpha value is -3.93. The Kier molecular flexibility index (Phi) is 9.64. The molecule has 1 fully saturated rings. The topological polar surface area (TPSA) is 143 Å². The Morgan fingerprint density at radius 2 is 1.90 bits per heavy atom. The minimum atomic E-state index is -0.793. The molecule has 1 saturated heterocycles. The lowest BCUT2D eigenvalue weighted by Gasteiger charge is -2.39. The highest BCUT2D eigenvalue weighted by atomic mass is 79.9. The van der Waals surface area contributed by atoms with Gasteiger partial charge >= 0.3 is 12.1 Å². The normalized spacial score (nSPS) is 17.1. The van der Waals surface area contributed by atoms with Gasteiger partial charge < -0.3 is 25.2 Å². The Labute approximate surface area is 246 Å². The number of nitrogens with one attached hydrogen (secondary N) is 2. The van der Waals surface area contributed by atoms with Gasteiger partial charge in [0.2, 0.25) is 5.91 Å². The third-order valence-corrected chi connectivity index (χ3v) is 7.03. The number of nitrogens with zero attached hydrogens (tertiary/aromatic N) is 3. The summed E-state index contributed by atoms with van der Waals surface area (Å²) in [5.74, 6) is -0.319. The number of ether oxygens (including phenoxy) is 2. The van der Waals surface area contributed by atoms with E-state index >= 15 is 0 Å². The zero-order valence-electron chi connectivity index (χ0n) is 23.2. The maximum atomic E-state index is 13.3. The fraction of sp³-hybridized carbons (Fsp3) is 0.414. The number of likely N-dealkylation sites (tertiary alicyclic amines) is 1. The number of hydrogen-bond donors (Lipinski definition) is 3. The number of aromatic hydroxyl groups is 1. The number of aromatic nitrogens is 2. The molecule has 0 unspecified atom stereocenters. The molecule has 1 aromatic heterocycles. The van der Waals surface area contributed by atoms with Gasteiger partial charge in [-0.15, -0.1) is 0 Å². The fourth-order valence-corrected chi connectivity index (χ4v) is 4.75. The first kappa shape index (κ1) is 30.0. The predicted octanol–water partition coefficient (Wildman–Crippen LogP) is 4.64. The average Bonchev–Trinajstić information content (AvgIpc) is 2.94. The number of piperidine rings is 1. The number of phenolic OH excluding ortho intramolecular Hbond substituents is 1. The summed E-state index contributed by atoms with van der Waals surface area (Å²) in [6.07, 6.45) is 2.27. The van der Waals surface area contributed by atoms with E-state index in [1.165, 1.54) is 4.90 Å². The number of hydrogen-bond acceptors (Lipinski definition) is 9. The number of amides is 2. The largest absolute Gasteiger partial charge is 0.504 e. The number of fused-ring (bicyclic) bond motifs is 1. The monoisotopic (exact) mass is 627 g/mol. The standard InChI is InChI=1S/C29H34BrN5O6/c1-29(2,3)41-28(39)35-14-12-19(33-23-17-32-21-11-10-20(30)25(36)24(21)34-23)16-22(35)26(37)31-13-7-15-40-27(38)18-8-5-4-6-9-18/h4-6,8-11,17,19,22,36H,7,12-16H2,1-3H3,(H,31,37)(H,33,34)/t19-,22-/m0/s1. The zero-order chi connectivity index (χ0) is 29.6. The van der Waals surface area contributed by atoms with Gasteiger partial charge in [-0.1, -0.05) is 18.2 Å². The van der Waals surface area contributed by atoms with Crippen LogP contribution in [-0.2, 0) is 14.3 Å². The number of carbonyl (C=O) groups excluding carboxylic acids is 3. The number of rotatable bonds is 8. The summed E-state index contributed by atoms with van der Waals surface area (Å²) < 4.78 is 11.4. The smallest absolute Gasteiger partial charge is 0.410 e. The van der Waals surface area contributed by atoms with Gasteiger partial charge in [0.1, 0.15) is 23.0 Å². The molecule has 3 N–H and O–H groups in total. The molecule has 1 aliphatic rings. The van der Waals surface area contributed by atoms with Crippen LogP contribution in [0.25, 0.3) is 11.0 Å². The summed E-state index contributed by atoms with van der Waals surface area (Å²) in [6, 6.07) is 11.1. The highest BCUT2D eigenvalue weighted by Crippen LogP contribution is 2.31. The van der Waals surface area contributed by atoms with E-state index in [-0.39, 0.29) is 37.4 Å². The molecular formula is C29H34BrN5O6. The molecule has 2 heterocycles. The van der Waals surface area contributed by atoms with Gasteiger partial charge in [0, 0.05) is 19.1 Å². The van der Waals surface area contributed by atoms with Crippen LogP contribution >= 0.6 is 15.9 Å². The van der Waals surface area contributed by atoms with E-state index in [1.807, 2.05) is 6.07 Å². The van der Waals surface area contributed by atoms with Crippen molar-refractivity contribution >= 4 is 50.8 Å². The molecular weight excluding hydrogens is 594 g/mol. The Bertz CT molecular complexity index is 1400. The van der Waals surface area contributed by atoms with E-state index in [1.54, 1.807) is 63.4 Å². The highest BCUT2D eigenvalue weighted by molar-refractivity contribution is 9.10. The molecule has 0 saturated carbocycles. The molecule has 2 aromatic carbocycles. The Morgan fingerprint density at radius 1 is 1.15 bits per heavy atom. The Morgan fingerprint density at radius 3 is 2.63 bits per heavy atom. The van der Waals surface area contributed by atoms with Crippen molar-refractivity contribution in [3.05, 3.63) is 58.7 Å². The summed E-state index contributed by atoms with van der Waals surface area (Å²) in [4.78, 5) is 48.7. The van der Waals surface area contributed by atoms with Gasteiger partial charge in [-0.3, -0.25) is 14.7 Å². The van der Waals surface area contributed by atoms with Crippen molar-refractivity contribution in [2.24, 2.45) is 0 Å². The number of benzene rings is 2. The summed E-state index contributed by atoms with van der Waals surface area (Å²) in [5.41, 5.74) is 0.636. The third-order valence-electron chi connectivity index (χ3n) is 6.39. The molecule has 2 amide bonds. The van der Waals surface area contributed by atoms with Crippen LogP contribution in [0, 0.1) is 0 Å². The van der Waals surface area contributed by atoms with E-state index in [4.69, 9.17) is 9.47 Å². The molecule has 0 bridgehead atoms. The van der Waals surface area contributed by atoms with Crippen molar-refractivity contribution in [3.63, 3.8) is 0 Å². The van der Waals surface area contributed by atoms with Crippen LogP contribution in [0.3, 0.4) is 0 Å². The van der Waals surface area contributed by atoms with Crippen LogP contribution in [0.1, 0.15) is 50.4 Å². The number of esters is 1. The van der Waals surface area contributed by atoms with Gasteiger partial charge in [-0.25, -0.2) is 14.6 Å². The second-order valence-electron chi connectivity index (χ2n) is 10.7. The van der Waals surface area contributed by atoms with Gasteiger partial charge in [-0.05, 0) is 80.2 Å². The van der Waals surface area contributed by atoms with Gasteiger partial charge in [0.25, 0.3) is 0 Å². The fourth-order valence-electron chi connectivity index (χ4n) is 4.43. The lowest BCUT2D eigenvalue weighted by atomic mass is 9.96. The molecule has 0 spiro atoms. The van der Waals surface area contributed by atoms with Crippen LogP contribution in [0.15, 0.2) is 53.1 Å². The summed E-state index contributed by atoms with van der Waals surface area (Å²) in [6.45, 7) is 6.02. The lowest BCUT2D eigenvalue weighted by molar-refractivity contribution is -0.127. The van der Waals surface area contributed by atoms with Gasteiger partial charge in [0.05, 0.1) is 28.4 Å². The quantitative estimate of drug-likeness (QED) is 0.240. The van der Waals surface area contributed by atoms with E-state index in [9.17, 15) is 19.5 Å². The van der Waals surface area contributed by atoms with Crippen molar-refractivity contribution in [3.8, 4) is 5.75 Å². The molecule has 218 valence electrons. The molecule has 0 radical (unpaired) electrons. The van der Waals surface area contributed by atoms with E-state index in [0.29, 0.717) is 46.1 Å². The van der Waals surface area contributed by atoms with Crippen molar-refractivity contribution in [1.29, 1.82) is 0 Å². The van der Waals surface area contributed by atoms with E-state index in [2.05, 4.69) is 36.5 Å². The van der Waals surface area contributed by atoms with Crippen molar-refractivity contribution < 1.29 is 29.0 Å². The molecule has 1 aliphatic heterocycles. The SMILES string of the molecule is CC(C)(C)OC(=O)N1CC[C@H](Nc2cnc3ccc(Br)c(O)c3n2)C[C@H]1C(=O)NCCCOC(=O)c1ccccc1. The van der Waals surface area contributed by atoms with Crippen LogP contribution < -0.4 is 10.6 Å². The van der Waals surface area contributed by atoms with Crippen LogP contribution in [0.2, 0.25) is 0 Å². The first-order valence-electron chi connectivity index (χ1n) is 13.4. The van der Waals surface area contributed by atoms with Crippen LogP contribution in [0.5, 0.6) is 5.75 Å². The molecule has 41 heavy (non-hydrogen) atoms. The molecule has 12 heteroatoms. The second kappa shape index (κ2) is 13.2.